The number of benzene rings is 2. The molecule has 0 bridgehead atoms. The first-order chi connectivity index (χ1) is 11.2. The summed E-state index contributed by atoms with van der Waals surface area (Å²) in [7, 11) is 0. The third kappa shape index (κ3) is 4.20. The highest BCUT2D eigenvalue weighted by atomic mass is 32.2. The molecule has 3 rings (SSSR count). The number of rotatable bonds is 6. The van der Waals surface area contributed by atoms with Crippen LogP contribution in [-0.4, -0.2) is 18.5 Å². The summed E-state index contributed by atoms with van der Waals surface area (Å²) in [5.41, 5.74) is 3.36. The van der Waals surface area contributed by atoms with E-state index >= 15 is 0 Å². The zero-order valence-electron chi connectivity index (χ0n) is 13.0. The molecule has 0 saturated heterocycles. The van der Waals surface area contributed by atoms with Crippen molar-refractivity contribution in [1.82, 2.24) is 0 Å². The quantitative estimate of drug-likeness (QED) is 0.814. The van der Waals surface area contributed by atoms with Crippen LogP contribution in [0.25, 0.3) is 0 Å². The summed E-state index contributed by atoms with van der Waals surface area (Å²) in [6.07, 6.45) is 0.491. The monoisotopic (exact) mass is 329 g/mol. The highest BCUT2D eigenvalue weighted by Crippen LogP contribution is 2.34. The Bertz CT molecular complexity index is 702. The van der Waals surface area contributed by atoms with Crippen molar-refractivity contribution in [2.45, 2.75) is 19.1 Å². The highest BCUT2D eigenvalue weighted by Gasteiger charge is 2.14. The van der Waals surface area contributed by atoms with Crippen LogP contribution in [-0.2, 0) is 10.5 Å². The smallest absolute Gasteiger partial charge is 0.231 e. The van der Waals surface area contributed by atoms with E-state index in [1.165, 1.54) is 11.1 Å². The van der Waals surface area contributed by atoms with Crippen molar-refractivity contribution >= 4 is 23.4 Å². The average molecular weight is 329 g/mol. The first-order valence-corrected chi connectivity index (χ1v) is 8.69. The number of aryl methyl sites for hydroxylation is 1. The molecule has 0 aliphatic carbocycles. The van der Waals surface area contributed by atoms with Gasteiger partial charge in [-0.3, -0.25) is 4.79 Å². The minimum Gasteiger partial charge on any atom is -0.454 e. The van der Waals surface area contributed by atoms with Crippen molar-refractivity contribution in [3.8, 4) is 11.5 Å². The van der Waals surface area contributed by atoms with Gasteiger partial charge in [0, 0.05) is 29.7 Å². The summed E-state index contributed by atoms with van der Waals surface area (Å²) in [6.45, 7) is 2.35. The van der Waals surface area contributed by atoms with E-state index in [0.717, 1.165) is 22.9 Å². The molecule has 1 aliphatic heterocycles. The number of amides is 1. The van der Waals surface area contributed by atoms with Gasteiger partial charge < -0.3 is 14.8 Å². The van der Waals surface area contributed by atoms with Gasteiger partial charge in [-0.05, 0) is 30.2 Å². The van der Waals surface area contributed by atoms with E-state index in [0.29, 0.717) is 12.2 Å². The number of hydrogen-bond acceptors (Lipinski definition) is 4. The summed E-state index contributed by atoms with van der Waals surface area (Å²) < 4.78 is 10.6. The van der Waals surface area contributed by atoms with Gasteiger partial charge in [0.2, 0.25) is 12.7 Å². The minimum absolute atomic E-state index is 0.0150. The molecule has 4 nitrogen and oxygen atoms in total. The molecular formula is C18H19NO3S. The van der Waals surface area contributed by atoms with E-state index in [1.54, 1.807) is 17.8 Å². The Balaban J connectivity index is 1.42. The molecule has 0 unspecified atom stereocenters. The maximum absolute atomic E-state index is 12.0. The summed E-state index contributed by atoms with van der Waals surface area (Å²) in [6, 6.07) is 13.8. The largest absolute Gasteiger partial charge is 0.454 e. The second-order valence-electron chi connectivity index (χ2n) is 5.35. The Morgan fingerprint density at radius 3 is 2.87 bits per heavy atom. The Labute approximate surface area is 140 Å². The van der Waals surface area contributed by atoms with Crippen LogP contribution in [0.4, 0.5) is 5.69 Å². The van der Waals surface area contributed by atoms with Crippen LogP contribution in [0.1, 0.15) is 17.5 Å². The number of fused-ring (bicyclic) bond motifs is 1. The predicted octanol–water partition coefficient (Wildman–Crippen LogP) is 3.99. The zero-order chi connectivity index (χ0) is 16.1. The van der Waals surface area contributed by atoms with E-state index in [-0.39, 0.29) is 12.7 Å². The molecule has 0 atom stereocenters. The molecule has 1 amide bonds. The molecule has 5 heteroatoms. The van der Waals surface area contributed by atoms with Crippen LogP contribution < -0.4 is 14.8 Å². The molecular weight excluding hydrogens is 310 g/mol. The summed E-state index contributed by atoms with van der Waals surface area (Å²) in [4.78, 5) is 12.0. The van der Waals surface area contributed by atoms with Crippen molar-refractivity contribution in [2.75, 3.05) is 17.9 Å². The van der Waals surface area contributed by atoms with Gasteiger partial charge in [-0.25, -0.2) is 0 Å². The van der Waals surface area contributed by atoms with E-state index in [9.17, 15) is 4.79 Å². The number of nitrogens with one attached hydrogen (secondary N) is 1. The normalized spacial score (nSPS) is 12.2. The maximum Gasteiger partial charge on any atom is 0.231 e. The Hall–Kier alpha value is -2.14. The molecule has 0 fully saturated rings. The van der Waals surface area contributed by atoms with E-state index in [1.807, 2.05) is 18.2 Å². The maximum atomic E-state index is 12.0. The Kier molecular flexibility index (Phi) is 5.08. The van der Waals surface area contributed by atoms with Crippen molar-refractivity contribution in [3.05, 3.63) is 53.6 Å². The summed E-state index contributed by atoms with van der Waals surface area (Å²) >= 11 is 1.77. The van der Waals surface area contributed by atoms with Gasteiger partial charge in [-0.1, -0.05) is 24.3 Å². The van der Waals surface area contributed by atoms with Gasteiger partial charge in [0.1, 0.15) is 0 Å². The zero-order valence-corrected chi connectivity index (χ0v) is 13.8. The molecule has 23 heavy (non-hydrogen) atoms. The van der Waals surface area contributed by atoms with Gasteiger partial charge in [-0.15, -0.1) is 0 Å². The molecule has 1 heterocycles. The van der Waals surface area contributed by atoms with E-state index < -0.39 is 0 Å². The fourth-order valence-electron chi connectivity index (χ4n) is 2.32. The van der Waals surface area contributed by atoms with E-state index in [2.05, 4.69) is 30.4 Å². The lowest BCUT2D eigenvalue weighted by atomic mass is 10.1. The molecule has 2 aromatic carbocycles. The third-order valence-corrected chi connectivity index (χ3v) is 4.66. The lowest BCUT2D eigenvalue weighted by molar-refractivity contribution is -0.115. The molecule has 0 spiro atoms. The molecule has 120 valence electrons. The Morgan fingerprint density at radius 2 is 2.00 bits per heavy atom. The molecule has 1 aliphatic rings. The van der Waals surface area contributed by atoms with Crippen molar-refractivity contribution in [2.24, 2.45) is 0 Å². The van der Waals surface area contributed by atoms with Gasteiger partial charge >= 0.3 is 0 Å². The van der Waals surface area contributed by atoms with Crippen LogP contribution in [0.2, 0.25) is 0 Å². The summed E-state index contributed by atoms with van der Waals surface area (Å²) in [5.74, 6) is 3.14. The topological polar surface area (TPSA) is 47.6 Å². The lowest BCUT2D eigenvalue weighted by Crippen LogP contribution is -2.12. The first-order valence-electron chi connectivity index (χ1n) is 7.54. The van der Waals surface area contributed by atoms with Crippen LogP contribution in [0.3, 0.4) is 0 Å². The number of carbonyl (C=O) groups excluding carboxylic acids is 1. The van der Waals surface area contributed by atoms with Crippen LogP contribution in [0, 0.1) is 6.92 Å². The number of carbonyl (C=O) groups is 1. The molecule has 2 aromatic rings. The highest BCUT2D eigenvalue weighted by molar-refractivity contribution is 7.98. The average Bonchev–Trinajstić information content (AvgIpc) is 3.01. The minimum atomic E-state index is 0.0150. The SMILES string of the molecule is Cc1ccccc1CSCCC(=O)Nc1ccc2c(c1)OCO2. The number of ether oxygens (including phenoxy) is 2. The Morgan fingerprint density at radius 1 is 1.17 bits per heavy atom. The standard InChI is InChI=1S/C18H19NO3S/c1-13-4-2-3-5-14(13)11-23-9-8-18(20)19-15-6-7-16-17(10-15)22-12-21-16/h2-7,10H,8-9,11-12H2,1H3,(H,19,20). The van der Waals surface area contributed by atoms with E-state index in [4.69, 9.17) is 9.47 Å². The van der Waals surface area contributed by atoms with Gasteiger partial charge in [0.05, 0.1) is 0 Å². The second-order valence-corrected chi connectivity index (χ2v) is 6.45. The fourth-order valence-corrected chi connectivity index (χ4v) is 3.33. The van der Waals surface area contributed by atoms with Crippen LogP contribution in [0.15, 0.2) is 42.5 Å². The van der Waals surface area contributed by atoms with Gasteiger partial charge in [0.15, 0.2) is 11.5 Å². The number of hydrogen-bond donors (Lipinski definition) is 1. The molecule has 0 saturated carbocycles. The molecule has 0 aromatic heterocycles. The number of thioether (sulfide) groups is 1. The van der Waals surface area contributed by atoms with Crippen molar-refractivity contribution < 1.29 is 14.3 Å². The first kappa shape index (κ1) is 15.7. The van der Waals surface area contributed by atoms with Gasteiger partial charge in [0.25, 0.3) is 0 Å². The van der Waals surface area contributed by atoms with Crippen molar-refractivity contribution in [3.63, 3.8) is 0 Å². The second kappa shape index (κ2) is 7.42. The molecule has 0 radical (unpaired) electrons. The van der Waals surface area contributed by atoms with Crippen molar-refractivity contribution in [1.29, 1.82) is 0 Å². The van der Waals surface area contributed by atoms with Crippen LogP contribution >= 0.6 is 11.8 Å². The third-order valence-electron chi connectivity index (χ3n) is 3.65. The number of anilines is 1. The fraction of sp³-hybridized carbons (Fsp3) is 0.278. The summed E-state index contributed by atoms with van der Waals surface area (Å²) in [5, 5.41) is 2.89. The van der Waals surface area contributed by atoms with Crippen LogP contribution in [0.5, 0.6) is 11.5 Å². The van der Waals surface area contributed by atoms with Gasteiger partial charge in [-0.2, -0.15) is 11.8 Å². The lowest BCUT2D eigenvalue weighted by Gasteiger charge is -2.07. The molecule has 1 N–H and O–H groups in total. The predicted molar refractivity (Wildman–Crippen MR) is 93.2 cm³/mol.